The number of methoxy groups -OCH3 is 1. The van der Waals surface area contributed by atoms with Crippen LogP contribution in [0.15, 0.2) is 30.5 Å². The second-order valence-corrected chi connectivity index (χ2v) is 3.87. The van der Waals surface area contributed by atoms with E-state index in [1.165, 1.54) is 0 Å². The number of aromatic nitrogens is 1. The summed E-state index contributed by atoms with van der Waals surface area (Å²) in [7, 11) is 1.67. The fourth-order valence-corrected chi connectivity index (χ4v) is 1.80. The van der Waals surface area contributed by atoms with E-state index in [2.05, 4.69) is 10.3 Å². The van der Waals surface area contributed by atoms with Crippen LogP contribution < -0.4 is 10.1 Å². The first-order chi connectivity index (χ1) is 8.85. The molecule has 4 heteroatoms. The van der Waals surface area contributed by atoms with Crippen molar-refractivity contribution in [3.05, 3.63) is 30.5 Å². The molecular weight excluding hydrogens is 228 g/mol. The van der Waals surface area contributed by atoms with Crippen LogP contribution in [0.5, 0.6) is 5.75 Å². The molecule has 96 valence electrons. The number of hydrogen-bond acceptors (Lipinski definition) is 4. The normalized spacial score (nSPS) is 10.6. The summed E-state index contributed by atoms with van der Waals surface area (Å²) in [5.41, 5.74) is 0. The van der Waals surface area contributed by atoms with Crippen LogP contribution in [0.25, 0.3) is 10.8 Å². The summed E-state index contributed by atoms with van der Waals surface area (Å²) in [6.07, 6.45) is 1.80. The van der Waals surface area contributed by atoms with Crippen molar-refractivity contribution in [2.75, 3.05) is 32.2 Å². The Bertz CT molecular complexity index is 514. The molecule has 0 aliphatic carbocycles. The lowest BCUT2D eigenvalue weighted by Gasteiger charge is -2.09. The van der Waals surface area contributed by atoms with Crippen LogP contribution in [0.2, 0.25) is 0 Å². The highest BCUT2D eigenvalue weighted by atomic mass is 16.5. The van der Waals surface area contributed by atoms with E-state index in [0.29, 0.717) is 6.61 Å². The van der Waals surface area contributed by atoms with Crippen LogP contribution in [-0.2, 0) is 4.74 Å². The Balaban J connectivity index is 2.20. The summed E-state index contributed by atoms with van der Waals surface area (Å²) in [4.78, 5) is 4.36. The molecule has 0 radical (unpaired) electrons. The van der Waals surface area contributed by atoms with Gasteiger partial charge < -0.3 is 14.8 Å². The van der Waals surface area contributed by atoms with E-state index in [4.69, 9.17) is 9.47 Å². The monoisotopic (exact) mass is 246 g/mol. The molecule has 0 bridgehead atoms. The van der Waals surface area contributed by atoms with Gasteiger partial charge in [-0.25, -0.2) is 4.98 Å². The average molecular weight is 246 g/mol. The van der Waals surface area contributed by atoms with E-state index < -0.39 is 0 Å². The Labute approximate surface area is 107 Å². The predicted molar refractivity (Wildman–Crippen MR) is 73.3 cm³/mol. The van der Waals surface area contributed by atoms with Crippen molar-refractivity contribution in [2.24, 2.45) is 0 Å². The minimum absolute atomic E-state index is 0.679. The van der Waals surface area contributed by atoms with Gasteiger partial charge in [0.25, 0.3) is 0 Å². The molecule has 1 heterocycles. The number of nitrogens with one attached hydrogen (secondary N) is 1. The Morgan fingerprint density at radius 3 is 2.94 bits per heavy atom. The minimum Gasteiger partial charge on any atom is -0.497 e. The van der Waals surface area contributed by atoms with Crippen LogP contribution in [-0.4, -0.2) is 31.9 Å². The predicted octanol–water partition coefficient (Wildman–Crippen LogP) is 2.69. The van der Waals surface area contributed by atoms with Crippen LogP contribution in [0.1, 0.15) is 6.92 Å². The van der Waals surface area contributed by atoms with Crippen molar-refractivity contribution in [3.63, 3.8) is 0 Å². The zero-order valence-corrected chi connectivity index (χ0v) is 10.8. The molecule has 2 aromatic rings. The molecule has 1 N–H and O–H groups in total. The zero-order valence-electron chi connectivity index (χ0n) is 10.8. The highest BCUT2D eigenvalue weighted by molar-refractivity contribution is 5.92. The molecule has 0 aliphatic heterocycles. The van der Waals surface area contributed by atoms with Gasteiger partial charge in [0.05, 0.1) is 13.7 Å². The Morgan fingerprint density at radius 2 is 2.17 bits per heavy atom. The van der Waals surface area contributed by atoms with Gasteiger partial charge in [0.15, 0.2) is 0 Å². The molecule has 1 aromatic carbocycles. The molecule has 1 aromatic heterocycles. The third-order valence-electron chi connectivity index (χ3n) is 2.72. The lowest BCUT2D eigenvalue weighted by molar-refractivity contribution is 0.158. The topological polar surface area (TPSA) is 43.4 Å². The number of pyridine rings is 1. The van der Waals surface area contributed by atoms with Gasteiger partial charge in [0.2, 0.25) is 0 Å². The van der Waals surface area contributed by atoms with Crippen molar-refractivity contribution < 1.29 is 9.47 Å². The third kappa shape index (κ3) is 2.90. The molecule has 2 rings (SSSR count). The lowest BCUT2D eigenvalue weighted by atomic mass is 10.1. The summed E-state index contributed by atoms with van der Waals surface area (Å²) >= 11 is 0. The maximum Gasteiger partial charge on any atom is 0.134 e. The SMILES string of the molecule is CCOCCNc1nccc2ccc(OC)cc12. The van der Waals surface area contributed by atoms with Gasteiger partial charge in [-0.3, -0.25) is 0 Å². The van der Waals surface area contributed by atoms with Gasteiger partial charge in [-0.1, -0.05) is 6.07 Å². The summed E-state index contributed by atoms with van der Waals surface area (Å²) in [6.45, 7) is 4.15. The van der Waals surface area contributed by atoms with E-state index in [-0.39, 0.29) is 0 Å². The third-order valence-corrected chi connectivity index (χ3v) is 2.72. The van der Waals surface area contributed by atoms with Crippen molar-refractivity contribution in [3.8, 4) is 5.75 Å². The molecule has 18 heavy (non-hydrogen) atoms. The van der Waals surface area contributed by atoms with E-state index >= 15 is 0 Å². The molecule has 0 fully saturated rings. The number of fused-ring (bicyclic) bond motifs is 1. The molecule has 4 nitrogen and oxygen atoms in total. The number of hydrogen-bond donors (Lipinski definition) is 1. The highest BCUT2D eigenvalue weighted by Crippen LogP contribution is 2.25. The number of anilines is 1. The first kappa shape index (κ1) is 12.6. The quantitative estimate of drug-likeness (QED) is 0.796. The Morgan fingerprint density at radius 1 is 1.28 bits per heavy atom. The van der Waals surface area contributed by atoms with E-state index in [1.807, 2.05) is 31.2 Å². The largest absolute Gasteiger partial charge is 0.497 e. The Hall–Kier alpha value is -1.81. The van der Waals surface area contributed by atoms with E-state index in [1.54, 1.807) is 13.3 Å². The minimum atomic E-state index is 0.679. The highest BCUT2D eigenvalue weighted by Gasteiger charge is 2.03. The first-order valence-electron chi connectivity index (χ1n) is 6.09. The van der Waals surface area contributed by atoms with Crippen LogP contribution in [0.4, 0.5) is 5.82 Å². The van der Waals surface area contributed by atoms with Gasteiger partial charge in [0, 0.05) is 24.7 Å². The fraction of sp³-hybridized carbons (Fsp3) is 0.357. The van der Waals surface area contributed by atoms with Crippen LogP contribution in [0.3, 0.4) is 0 Å². The summed E-state index contributed by atoms with van der Waals surface area (Å²) in [5, 5.41) is 5.49. The summed E-state index contributed by atoms with van der Waals surface area (Å²) in [5.74, 6) is 1.70. The molecule has 0 aliphatic rings. The van der Waals surface area contributed by atoms with Crippen molar-refractivity contribution in [1.29, 1.82) is 0 Å². The molecule has 0 unspecified atom stereocenters. The van der Waals surface area contributed by atoms with Gasteiger partial charge in [0.1, 0.15) is 11.6 Å². The second-order valence-electron chi connectivity index (χ2n) is 3.87. The standard InChI is InChI=1S/C14H18N2O2/c1-3-18-9-8-16-14-13-10-12(17-2)5-4-11(13)6-7-15-14/h4-7,10H,3,8-9H2,1-2H3,(H,15,16). The molecule has 0 saturated heterocycles. The van der Waals surface area contributed by atoms with Crippen molar-refractivity contribution in [2.45, 2.75) is 6.92 Å². The number of nitrogens with zero attached hydrogens (tertiary/aromatic N) is 1. The fourth-order valence-electron chi connectivity index (χ4n) is 1.80. The molecule has 0 saturated carbocycles. The number of benzene rings is 1. The van der Waals surface area contributed by atoms with E-state index in [0.717, 1.165) is 35.5 Å². The van der Waals surface area contributed by atoms with Gasteiger partial charge in [-0.15, -0.1) is 0 Å². The first-order valence-corrected chi connectivity index (χ1v) is 6.09. The summed E-state index contributed by atoms with van der Waals surface area (Å²) in [6, 6.07) is 7.96. The maximum absolute atomic E-state index is 5.30. The zero-order chi connectivity index (χ0) is 12.8. The molecule has 0 amide bonds. The van der Waals surface area contributed by atoms with E-state index in [9.17, 15) is 0 Å². The van der Waals surface area contributed by atoms with Gasteiger partial charge in [-0.2, -0.15) is 0 Å². The molecular formula is C14H18N2O2. The maximum atomic E-state index is 5.30. The van der Waals surface area contributed by atoms with Gasteiger partial charge in [-0.05, 0) is 30.5 Å². The summed E-state index contributed by atoms with van der Waals surface area (Å²) < 4.78 is 10.5. The lowest BCUT2D eigenvalue weighted by Crippen LogP contribution is -2.10. The van der Waals surface area contributed by atoms with Crippen LogP contribution in [0, 0.1) is 0 Å². The Kier molecular flexibility index (Phi) is 4.36. The van der Waals surface area contributed by atoms with Crippen LogP contribution >= 0.6 is 0 Å². The second kappa shape index (κ2) is 6.21. The number of rotatable bonds is 6. The number of ether oxygens (including phenoxy) is 2. The smallest absolute Gasteiger partial charge is 0.134 e. The molecule has 0 atom stereocenters. The van der Waals surface area contributed by atoms with Gasteiger partial charge >= 0.3 is 0 Å². The van der Waals surface area contributed by atoms with Crippen molar-refractivity contribution in [1.82, 2.24) is 4.98 Å². The molecule has 0 spiro atoms. The average Bonchev–Trinajstić information content (AvgIpc) is 2.43. The van der Waals surface area contributed by atoms with Crippen molar-refractivity contribution >= 4 is 16.6 Å².